The van der Waals surface area contributed by atoms with E-state index >= 15 is 0 Å². The van der Waals surface area contributed by atoms with Crippen LogP contribution in [0.5, 0.6) is 5.75 Å². The van der Waals surface area contributed by atoms with Gasteiger partial charge in [-0.2, -0.15) is 0 Å². The third-order valence-corrected chi connectivity index (χ3v) is 4.73. The zero-order valence-electron chi connectivity index (χ0n) is 16.6. The van der Waals surface area contributed by atoms with Crippen LogP contribution in [0.25, 0.3) is 16.7 Å². The minimum Gasteiger partial charge on any atom is -0.490 e. The van der Waals surface area contributed by atoms with E-state index in [0.717, 1.165) is 41.3 Å². The van der Waals surface area contributed by atoms with E-state index in [4.69, 9.17) is 4.74 Å². The number of rotatable bonds is 10. The molecule has 2 N–H and O–H groups in total. The third-order valence-electron chi connectivity index (χ3n) is 4.73. The molecule has 2 aromatic carbocycles. The largest absolute Gasteiger partial charge is 0.490 e. The number of aliphatic hydroxyl groups is 1. The molecule has 0 fully saturated rings. The Morgan fingerprint density at radius 1 is 1.11 bits per heavy atom. The second-order valence-corrected chi connectivity index (χ2v) is 7.01. The molecule has 1 aliphatic heterocycles. The molecular weight excluding hydrogens is 352 g/mol. The highest BCUT2D eigenvalue weighted by molar-refractivity contribution is 6.16. The smallest absolute Gasteiger partial charge is 0.274 e. The fraction of sp³-hybridized carbons (Fsp3) is 0.391. The highest BCUT2D eigenvalue weighted by atomic mass is 16.5. The van der Waals surface area contributed by atoms with Crippen molar-refractivity contribution in [3.63, 3.8) is 0 Å². The van der Waals surface area contributed by atoms with Gasteiger partial charge in [0, 0.05) is 22.9 Å². The van der Waals surface area contributed by atoms with Crippen LogP contribution < -0.4 is 20.6 Å². The van der Waals surface area contributed by atoms with E-state index < -0.39 is 6.10 Å². The summed E-state index contributed by atoms with van der Waals surface area (Å²) in [5.74, 6) is 0.507. The number of nitrogens with one attached hydrogen (secondary N) is 1. The van der Waals surface area contributed by atoms with Gasteiger partial charge in [0.25, 0.3) is 5.91 Å². The van der Waals surface area contributed by atoms with E-state index in [9.17, 15) is 9.90 Å². The molecule has 28 heavy (non-hydrogen) atoms. The predicted octanol–water partition coefficient (Wildman–Crippen LogP) is 2.20. The van der Waals surface area contributed by atoms with Gasteiger partial charge in [-0.15, -0.1) is 0 Å². The van der Waals surface area contributed by atoms with Gasteiger partial charge in [0.2, 0.25) is 0 Å². The quantitative estimate of drug-likeness (QED) is 0.620. The molecule has 1 amide bonds. The number of hydrogen-bond acceptors (Lipinski definition) is 4. The normalized spacial score (nSPS) is 14.0. The number of hydrogen-bond donors (Lipinski definition) is 2. The lowest BCUT2D eigenvalue weighted by molar-refractivity contribution is -0.112. The van der Waals surface area contributed by atoms with Gasteiger partial charge in [-0.1, -0.05) is 50.6 Å². The van der Waals surface area contributed by atoms with E-state index in [1.165, 1.54) is 0 Å². The summed E-state index contributed by atoms with van der Waals surface area (Å²) in [6.07, 6.45) is 1.97. The number of aliphatic hydroxyl groups excluding tert-OH is 1. The van der Waals surface area contributed by atoms with Gasteiger partial charge in [-0.25, -0.2) is 4.99 Å². The van der Waals surface area contributed by atoms with Gasteiger partial charge >= 0.3 is 0 Å². The lowest BCUT2D eigenvalue weighted by atomic mass is 9.97. The first-order valence-electron chi connectivity index (χ1n) is 10.0. The van der Waals surface area contributed by atoms with Gasteiger partial charge in [0.1, 0.15) is 18.5 Å². The summed E-state index contributed by atoms with van der Waals surface area (Å²) in [5, 5.41) is 15.0. The number of amides is 1. The standard InChI is InChI=1S/C23H28N2O3/c1-3-8-18-22-19(25-23(18)27)11-12-20(21(22)16-9-6-5-7-10-16)28-15-17(26)14-24-13-4-2/h5-7,9-12,17,24,26H,3-4,8,13-15H2,1-2H3. The molecule has 148 valence electrons. The Labute approximate surface area is 165 Å². The van der Waals surface area contributed by atoms with Crippen molar-refractivity contribution in [3.8, 4) is 16.9 Å². The monoisotopic (exact) mass is 380 g/mol. The molecule has 0 spiro atoms. The lowest BCUT2D eigenvalue weighted by Gasteiger charge is -2.16. The summed E-state index contributed by atoms with van der Waals surface area (Å²) in [5.41, 5.74) is 2.60. The van der Waals surface area contributed by atoms with Crippen molar-refractivity contribution in [2.75, 3.05) is 19.7 Å². The SMILES string of the molecule is CCCNCC(O)COc1ccc2c(c1-c1ccccc1)=C(CCC)C(=O)N=2. The van der Waals surface area contributed by atoms with Crippen LogP contribution in [0, 0.1) is 0 Å². The zero-order valence-corrected chi connectivity index (χ0v) is 16.6. The van der Waals surface area contributed by atoms with Crippen LogP contribution in [0.4, 0.5) is 0 Å². The maximum atomic E-state index is 12.4. The van der Waals surface area contributed by atoms with Crippen LogP contribution in [0.2, 0.25) is 0 Å². The minimum absolute atomic E-state index is 0.157. The molecule has 2 aromatic rings. The Morgan fingerprint density at radius 3 is 2.61 bits per heavy atom. The van der Waals surface area contributed by atoms with E-state index in [-0.39, 0.29) is 12.5 Å². The molecule has 0 aromatic heterocycles. The summed E-state index contributed by atoms with van der Waals surface area (Å²) >= 11 is 0. The maximum Gasteiger partial charge on any atom is 0.274 e. The summed E-state index contributed by atoms with van der Waals surface area (Å²) in [7, 11) is 0. The summed E-state index contributed by atoms with van der Waals surface area (Å²) < 4.78 is 6.01. The van der Waals surface area contributed by atoms with Crippen molar-refractivity contribution < 1.29 is 14.6 Å². The number of ether oxygens (including phenoxy) is 1. The fourth-order valence-corrected chi connectivity index (χ4v) is 3.44. The molecule has 1 aliphatic rings. The Kier molecular flexibility index (Phi) is 6.95. The molecule has 5 heteroatoms. The zero-order chi connectivity index (χ0) is 19.9. The van der Waals surface area contributed by atoms with Crippen LogP contribution in [-0.4, -0.2) is 36.8 Å². The van der Waals surface area contributed by atoms with Gasteiger partial charge in [-0.05, 0) is 37.1 Å². The van der Waals surface area contributed by atoms with Gasteiger partial charge in [-0.3, -0.25) is 4.79 Å². The molecule has 0 bridgehead atoms. The lowest BCUT2D eigenvalue weighted by Crippen LogP contribution is -2.32. The summed E-state index contributed by atoms with van der Waals surface area (Å²) in [4.78, 5) is 16.7. The highest BCUT2D eigenvalue weighted by Gasteiger charge is 2.21. The average Bonchev–Trinajstić information content (AvgIpc) is 3.02. The number of fused-ring (bicyclic) bond motifs is 1. The second-order valence-electron chi connectivity index (χ2n) is 7.01. The van der Waals surface area contributed by atoms with Gasteiger partial charge in [0.05, 0.1) is 5.36 Å². The third kappa shape index (κ3) is 4.49. The van der Waals surface area contributed by atoms with Crippen LogP contribution >= 0.6 is 0 Å². The fourth-order valence-electron chi connectivity index (χ4n) is 3.44. The van der Waals surface area contributed by atoms with Crippen molar-refractivity contribution in [2.45, 2.75) is 39.2 Å². The van der Waals surface area contributed by atoms with Crippen LogP contribution in [0.1, 0.15) is 33.1 Å². The van der Waals surface area contributed by atoms with Crippen molar-refractivity contribution in [1.29, 1.82) is 0 Å². The molecule has 3 rings (SSSR count). The average molecular weight is 380 g/mol. The Morgan fingerprint density at radius 2 is 1.89 bits per heavy atom. The Bertz CT molecular complexity index is 938. The van der Waals surface area contributed by atoms with Crippen molar-refractivity contribution in [1.82, 2.24) is 5.32 Å². The molecule has 0 aliphatic carbocycles. The molecule has 5 nitrogen and oxygen atoms in total. The molecule has 0 saturated heterocycles. The van der Waals surface area contributed by atoms with Crippen LogP contribution in [-0.2, 0) is 4.79 Å². The first-order chi connectivity index (χ1) is 13.7. The van der Waals surface area contributed by atoms with Gasteiger partial charge < -0.3 is 15.2 Å². The van der Waals surface area contributed by atoms with Crippen LogP contribution in [0.3, 0.4) is 0 Å². The summed E-state index contributed by atoms with van der Waals surface area (Å²) in [6.45, 7) is 5.68. The Hall–Kier alpha value is -2.50. The molecule has 0 radical (unpaired) electrons. The van der Waals surface area contributed by atoms with E-state index in [1.807, 2.05) is 42.5 Å². The van der Waals surface area contributed by atoms with E-state index in [1.54, 1.807) is 0 Å². The topological polar surface area (TPSA) is 70.9 Å². The van der Waals surface area contributed by atoms with Crippen LogP contribution in [0.15, 0.2) is 47.5 Å². The van der Waals surface area contributed by atoms with E-state index in [0.29, 0.717) is 24.1 Å². The number of carbonyl (C=O) groups excluding carboxylic acids is 1. The molecular formula is C23H28N2O3. The van der Waals surface area contributed by atoms with Gasteiger partial charge in [0.15, 0.2) is 0 Å². The highest BCUT2D eigenvalue weighted by Crippen LogP contribution is 2.27. The van der Waals surface area contributed by atoms with Crippen molar-refractivity contribution in [2.24, 2.45) is 4.99 Å². The number of benzene rings is 2. The molecule has 0 saturated carbocycles. The molecule has 1 unspecified atom stereocenters. The number of nitrogens with zero attached hydrogens (tertiary/aromatic N) is 1. The Balaban J connectivity index is 2.01. The van der Waals surface area contributed by atoms with Crippen molar-refractivity contribution >= 4 is 11.5 Å². The molecule has 1 heterocycles. The van der Waals surface area contributed by atoms with Crippen molar-refractivity contribution in [3.05, 3.63) is 53.0 Å². The predicted molar refractivity (Wildman–Crippen MR) is 111 cm³/mol. The first-order valence-corrected chi connectivity index (χ1v) is 10.0. The number of carbonyl (C=O) groups is 1. The molecule has 1 atom stereocenters. The maximum absolute atomic E-state index is 12.4. The van der Waals surface area contributed by atoms with E-state index in [2.05, 4.69) is 24.2 Å². The summed E-state index contributed by atoms with van der Waals surface area (Å²) in [6, 6.07) is 13.6. The minimum atomic E-state index is -0.603. The second kappa shape index (κ2) is 9.62. The first kappa shape index (κ1) is 20.2.